The number of likely N-dealkylation sites (tertiary alicyclic amines) is 1. The number of carbonyl (C=O) groups excluding carboxylic acids is 1. The normalized spacial score (nSPS) is 15.6. The maximum atomic E-state index is 12.2. The van der Waals surface area contributed by atoms with Gasteiger partial charge >= 0.3 is 0 Å². The zero-order chi connectivity index (χ0) is 16.1. The van der Waals surface area contributed by atoms with Gasteiger partial charge in [0.2, 0.25) is 0 Å². The van der Waals surface area contributed by atoms with Crippen LogP contribution in [-0.2, 0) is 6.54 Å². The van der Waals surface area contributed by atoms with Crippen LogP contribution in [0.4, 0.5) is 0 Å². The summed E-state index contributed by atoms with van der Waals surface area (Å²) < 4.78 is 7.22. The first-order valence-electron chi connectivity index (χ1n) is 7.90. The van der Waals surface area contributed by atoms with Gasteiger partial charge in [0.25, 0.3) is 5.91 Å². The van der Waals surface area contributed by atoms with Crippen molar-refractivity contribution in [2.45, 2.75) is 25.5 Å². The van der Waals surface area contributed by atoms with E-state index in [1.807, 2.05) is 11.0 Å². The maximum absolute atomic E-state index is 12.2. The van der Waals surface area contributed by atoms with Gasteiger partial charge in [0, 0.05) is 31.0 Å². The van der Waals surface area contributed by atoms with E-state index >= 15 is 0 Å². The lowest BCUT2D eigenvalue weighted by Crippen LogP contribution is -2.27. The Hall–Kier alpha value is -2.34. The van der Waals surface area contributed by atoms with E-state index in [0.29, 0.717) is 17.9 Å². The lowest BCUT2D eigenvalue weighted by Gasteiger charge is -2.16. The van der Waals surface area contributed by atoms with Gasteiger partial charge in [-0.05, 0) is 43.2 Å². The SMILES string of the molecule is O=C(c1ccc(OCC(O)Cn2cccn2)cc1)N1CCCC1. The van der Waals surface area contributed by atoms with Crippen LogP contribution in [0.25, 0.3) is 0 Å². The third kappa shape index (κ3) is 4.10. The highest BCUT2D eigenvalue weighted by atomic mass is 16.5. The highest BCUT2D eigenvalue weighted by Gasteiger charge is 2.19. The molecule has 1 aromatic carbocycles. The van der Waals surface area contributed by atoms with Gasteiger partial charge in [0.15, 0.2) is 0 Å². The molecule has 0 radical (unpaired) electrons. The van der Waals surface area contributed by atoms with Gasteiger partial charge in [-0.15, -0.1) is 0 Å². The van der Waals surface area contributed by atoms with Gasteiger partial charge < -0.3 is 14.7 Å². The fraction of sp³-hybridized carbons (Fsp3) is 0.412. The molecule has 0 spiro atoms. The van der Waals surface area contributed by atoms with E-state index < -0.39 is 6.10 Å². The van der Waals surface area contributed by atoms with Gasteiger partial charge in [-0.2, -0.15) is 5.10 Å². The molecular weight excluding hydrogens is 294 g/mol. The van der Waals surface area contributed by atoms with Gasteiger partial charge in [0.05, 0.1) is 6.54 Å². The number of aliphatic hydroxyl groups is 1. The zero-order valence-corrected chi connectivity index (χ0v) is 13.0. The van der Waals surface area contributed by atoms with E-state index in [1.54, 1.807) is 41.3 Å². The van der Waals surface area contributed by atoms with E-state index in [-0.39, 0.29) is 12.5 Å². The Morgan fingerprint density at radius 3 is 2.65 bits per heavy atom. The summed E-state index contributed by atoms with van der Waals surface area (Å²) in [7, 11) is 0. The van der Waals surface area contributed by atoms with Gasteiger partial charge in [-0.3, -0.25) is 9.48 Å². The summed E-state index contributed by atoms with van der Waals surface area (Å²) in [5.74, 6) is 0.718. The van der Waals surface area contributed by atoms with Crippen molar-refractivity contribution >= 4 is 5.91 Å². The first-order chi connectivity index (χ1) is 11.2. The average Bonchev–Trinajstić information content (AvgIpc) is 3.26. The highest BCUT2D eigenvalue weighted by Crippen LogP contribution is 2.16. The molecule has 6 heteroatoms. The minimum Gasteiger partial charge on any atom is -0.491 e. The molecule has 6 nitrogen and oxygen atoms in total. The van der Waals surface area contributed by atoms with Crippen LogP contribution in [0.1, 0.15) is 23.2 Å². The second kappa shape index (κ2) is 7.28. The number of hydrogen-bond donors (Lipinski definition) is 1. The largest absolute Gasteiger partial charge is 0.491 e. The number of carbonyl (C=O) groups is 1. The number of aliphatic hydroxyl groups excluding tert-OH is 1. The first-order valence-corrected chi connectivity index (χ1v) is 7.90. The minimum atomic E-state index is -0.638. The van der Waals surface area contributed by atoms with E-state index in [1.165, 1.54) is 0 Å². The number of benzene rings is 1. The number of nitrogens with zero attached hydrogens (tertiary/aromatic N) is 3. The quantitative estimate of drug-likeness (QED) is 0.878. The molecule has 1 atom stereocenters. The molecule has 1 amide bonds. The molecule has 2 heterocycles. The van der Waals surface area contributed by atoms with Gasteiger partial charge in [-0.25, -0.2) is 0 Å². The van der Waals surface area contributed by atoms with Crippen LogP contribution in [0, 0.1) is 0 Å². The van der Waals surface area contributed by atoms with Crippen molar-refractivity contribution in [3.8, 4) is 5.75 Å². The molecule has 1 saturated heterocycles. The fourth-order valence-electron chi connectivity index (χ4n) is 2.67. The average molecular weight is 315 g/mol. The molecule has 0 aliphatic carbocycles. The van der Waals surface area contributed by atoms with Gasteiger partial charge in [0.1, 0.15) is 18.5 Å². The van der Waals surface area contributed by atoms with Crippen LogP contribution in [0.5, 0.6) is 5.75 Å². The molecule has 1 aromatic heterocycles. The number of rotatable bonds is 6. The van der Waals surface area contributed by atoms with Crippen LogP contribution in [0.15, 0.2) is 42.7 Å². The fourth-order valence-corrected chi connectivity index (χ4v) is 2.67. The maximum Gasteiger partial charge on any atom is 0.253 e. The van der Waals surface area contributed by atoms with Crippen molar-refractivity contribution < 1.29 is 14.6 Å². The molecular formula is C17H21N3O3. The number of aromatic nitrogens is 2. The van der Waals surface area contributed by atoms with Crippen LogP contribution in [0.3, 0.4) is 0 Å². The predicted molar refractivity (Wildman–Crippen MR) is 85.3 cm³/mol. The standard InChI is InChI=1S/C17H21N3O3/c21-15(12-20-11-3-8-18-20)13-23-16-6-4-14(5-7-16)17(22)19-9-1-2-10-19/h3-8,11,15,21H,1-2,9-10,12-13H2. The molecule has 1 N–H and O–H groups in total. The third-order valence-corrected chi connectivity index (χ3v) is 3.89. The summed E-state index contributed by atoms with van der Waals surface area (Å²) in [5.41, 5.74) is 0.677. The monoisotopic (exact) mass is 315 g/mol. The summed E-state index contributed by atoms with van der Waals surface area (Å²) >= 11 is 0. The van der Waals surface area contributed by atoms with E-state index in [9.17, 15) is 9.90 Å². The number of amides is 1. The molecule has 2 aromatic rings. The minimum absolute atomic E-state index is 0.0766. The lowest BCUT2D eigenvalue weighted by molar-refractivity contribution is 0.0791. The Morgan fingerprint density at radius 1 is 1.26 bits per heavy atom. The van der Waals surface area contributed by atoms with Crippen LogP contribution < -0.4 is 4.74 Å². The second-order valence-electron chi connectivity index (χ2n) is 5.72. The molecule has 23 heavy (non-hydrogen) atoms. The van der Waals surface area contributed by atoms with Crippen LogP contribution >= 0.6 is 0 Å². The molecule has 1 aliphatic rings. The topological polar surface area (TPSA) is 67.6 Å². The number of ether oxygens (including phenoxy) is 1. The van der Waals surface area contributed by atoms with Crippen LogP contribution in [-0.4, -0.2) is 51.5 Å². The molecule has 1 aliphatic heterocycles. The summed E-state index contributed by atoms with van der Waals surface area (Å²) in [6, 6.07) is 8.89. The second-order valence-corrected chi connectivity index (χ2v) is 5.72. The highest BCUT2D eigenvalue weighted by molar-refractivity contribution is 5.94. The Labute approximate surface area is 135 Å². The predicted octanol–water partition coefficient (Wildman–Crippen LogP) is 1.56. The van der Waals surface area contributed by atoms with Crippen molar-refractivity contribution in [2.24, 2.45) is 0 Å². The van der Waals surface area contributed by atoms with Crippen molar-refractivity contribution in [1.29, 1.82) is 0 Å². The van der Waals surface area contributed by atoms with Crippen molar-refractivity contribution in [3.63, 3.8) is 0 Å². The molecule has 0 bridgehead atoms. The molecule has 122 valence electrons. The van der Waals surface area contributed by atoms with Crippen LogP contribution in [0.2, 0.25) is 0 Å². The summed E-state index contributed by atoms with van der Waals surface area (Å²) in [5, 5.41) is 14.0. The first kappa shape index (κ1) is 15.6. The Morgan fingerprint density at radius 2 is 2.00 bits per heavy atom. The molecule has 3 rings (SSSR count). The van der Waals surface area contributed by atoms with E-state index in [0.717, 1.165) is 25.9 Å². The smallest absolute Gasteiger partial charge is 0.253 e. The Bertz CT molecular complexity index is 619. The van der Waals surface area contributed by atoms with Crippen molar-refractivity contribution in [3.05, 3.63) is 48.3 Å². The van der Waals surface area contributed by atoms with E-state index in [2.05, 4.69) is 5.10 Å². The molecule has 0 saturated carbocycles. The summed E-state index contributed by atoms with van der Waals surface area (Å²) in [4.78, 5) is 14.1. The lowest BCUT2D eigenvalue weighted by atomic mass is 10.2. The molecule has 1 unspecified atom stereocenters. The van der Waals surface area contributed by atoms with E-state index in [4.69, 9.17) is 4.74 Å². The molecule has 1 fully saturated rings. The third-order valence-electron chi connectivity index (χ3n) is 3.89. The zero-order valence-electron chi connectivity index (χ0n) is 13.0. The Kier molecular flexibility index (Phi) is 4.92. The number of hydrogen-bond acceptors (Lipinski definition) is 4. The van der Waals surface area contributed by atoms with Crippen molar-refractivity contribution in [2.75, 3.05) is 19.7 Å². The summed E-state index contributed by atoms with van der Waals surface area (Å²) in [6.07, 6.45) is 4.99. The summed E-state index contributed by atoms with van der Waals surface area (Å²) in [6.45, 7) is 2.26. The van der Waals surface area contributed by atoms with Gasteiger partial charge in [-0.1, -0.05) is 0 Å². The van der Waals surface area contributed by atoms with Crippen molar-refractivity contribution in [1.82, 2.24) is 14.7 Å². The Balaban J connectivity index is 1.50.